The maximum Gasteiger partial charge on any atom is 0.0361 e. The Hall–Kier alpha value is -0.550. The van der Waals surface area contributed by atoms with Crippen molar-refractivity contribution in [3.8, 4) is 0 Å². The predicted molar refractivity (Wildman–Crippen MR) is 86.9 cm³/mol. The van der Waals surface area contributed by atoms with Crippen molar-refractivity contribution in [2.45, 2.75) is 39.5 Å². The van der Waals surface area contributed by atoms with Crippen LogP contribution in [0.2, 0.25) is 0 Å². The van der Waals surface area contributed by atoms with Gasteiger partial charge in [-0.2, -0.15) is 0 Å². The van der Waals surface area contributed by atoms with Gasteiger partial charge < -0.3 is 4.90 Å². The standard InChI is InChI=1S/C16H28NP/c1-5-7-13-18(14-8-6-2)16-11-9-15(10-12-16)17(3)4/h9-12H,5-8,13-14H2,1-4H3. The largest absolute Gasteiger partial charge is 0.378 e. The number of anilines is 1. The van der Waals surface area contributed by atoms with E-state index in [0.717, 1.165) is 0 Å². The first-order valence-electron chi connectivity index (χ1n) is 7.21. The third-order valence-corrected chi connectivity index (χ3v) is 6.03. The van der Waals surface area contributed by atoms with E-state index in [1.807, 2.05) is 0 Å². The van der Waals surface area contributed by atoms with E-state index in [1.165, 1.54) is 43.7 Å². The number of hydrogen-bond donors (Lipinski definition) is 0. The second kappa shape index (κ2) is 8.53. The molecule has 0 aliphatic heterocycles. The molecule has 0 heterocycles. The van der Waals surface area contributed by atoms with Crippen molar-refractivity contribution in [3.05, 3.63) is 24.3 Å². The first kappa shape index (κ1) is 15.5. The predicted octanol–water partition coefficient (Wildman–Crippen LogP) is 4.46. The molecule has 0 unspecified atom stereocenters. The highest BCUT2D eigenvalue weighted by Gasteiger charge is 2.10. The molecule has 0 atom stereocenters. The molecule has 0 N–H and O–H groups in total. The lowest BCUT2D eigenvalue weighted by Gasteiger charge is -2.19. The summed E-state index contributed by atoms with van der Waals surface area (Å²) in [5.74, 6) is 0. The minimum Gasteiger partial charge on any atom is -0.378 e. The van der Waals surface area contributed by atoms with Crippen molar-refractivity contribution >= 4 is 18.9 Å². The summed E-state index contributed by atoms with van der Waals surface area (Å²) in [6.45, 7) is 4.59. The van der Waals surface area contributed by atoms with Crippen LogP contribution in [0.1, 0.15) is 39.5 Å². The highest BCUT2D eigenvalue weighted by Crippen LogP contribution is 2.37. The van der Waals surface area contributed by atoms with Crippen LogP contribution in [-0.2, 0) is 0 Å². The van der Waals surface area contributed by atoms with Crippen LogP contribution in [0.3, 0.4) is 0 Å². The van der Waals surface area contributed by atoms with Gasteiger partial charge in [0.25, 0.3) is 0 Å². The molecule has 0 aromatic heterocycles. The molecule has 0 spiro atoms. The van der Waals surface area contributed by atoms with E-state index in [4.69, 9.17) is 0 Å². The molecule has 0 saturated heterocycles. The van der Waals surface area contributed by atoms with Crippen LogP contribution in [-0.4, -0.2) is 26.4 Å². The molecular formula is C16H28NP. The van der Waals surface area contributed by atoms with Gasteiger partial charge in [0.2, 0.25) is 0 Å². The van der Waals surface area contributed by atoms with Gasteiger partial charge >= 0.3 is 0 Å². The lowest BCUT2D eigenvalue weighted by molar-refractivity contribution is 0.870. The molecule has 0 saturated carbocycles. The lowest BCUT2D eigenvalue weighted by atomic mass is 10.3. The van der Waals surface area contributed by atoms with Gasteiger partial charge in [-0.25, -0.2) is 0 Å². The monoisotopic (exact) mass is 265 g/mol. The Morgan fingerprint density at radius 3 is 1.78 bits per heavy atom. The highest BCUT2D eigenvalue weighted by atomic mass is 31.1. The van der Waals surface area contributed by atoms with Gasteiger partial charge in [0, 0.05) is 19.8 Å². The minimum absolute atomic E-state index is 0.0823. The zero-order valence-corrected chi connectivity index (χ0v) is 13.3. The molecule has 1 aromatic rings. The van der Waals surface area contributed by atoms with Crippen molar-refractivity contribution in [1.82, 2.24) is 0 Å². The molecule has 0 aliphatic carbocycles. The normalized spacial score (nSPS) is 10.9. The zero-order valence-electron chi connectivity index (χ0n) is 12.4. The molecule has 0 bridgehead atoms. The molecule has 1 rings (SSSR count). The number of unbranched alkanes of at least 4 members (excludes halogenated alkanes) is 2. The molecular weight excluding hydrogens is 237 g/mol. The van der Waals surface area contributed by atoms with Gasteiger partial charge in [-0.1, -0.05) is 46.7 Å². The summed E-state index contributed by atoms with van der Waals surface area (Å²) in [5, 5.41) is 1.59. The maximum absolute atomic E-state index is 2.35. The third-order valence-electron chi connectivity index (χ3n) is 3.29. The average Bonchev–Trinajstić information content (AvgIpc) is 2.39. The average molecular weight is 265 g/mol. The Morgan fingerprint density at radius 2 is 1.39 bits per heavy atom. The van der Waals surface area contributed by atoms with Crippen LogP contribution in [0.25, 0.3) is 0 Å². The molecule has 18 heavy (non-hydrogen) atoms. The van der Waals surface area contributed by atoms with Crippen molar-refractivity contribution in [2.24, 2.45) is 0 Å². The van der Waals surface area contributed by atoms with Crippen molar-refractivity contribution in [1.29, 1.82) is 0 Å². The van der Waals surface area contributed by atoms with Gasteiger partial charge in [0.05, 0.1) is 0 Å². The van der Waals surface area contributed by atoms with Crippen molar-refractivity contribution in [2.75, 3.05) is 31.3 Å². The lowest BCUT2D eigenvalue weighted by Crippen LogP contribution is -2.11. The van der Waals surface area contributed by atoms with E-state index in [0.29, 0.717) is 0 Å². The van der Waals surface area contributed by atoms with E-state index in [2.05, 4.69) is 57.1 Å². The van der Waals surface area contributed by atoms with Crippen LogP contribution < -0.4 is 10.2 Å². The smallest absolute Gasteiger partial charge is 0.0361 e. The van der Waals surface area contributed by atoms with Crippen LogP contribution >= 0.6 is 7.92 Å². The topological polar surface area (TPSA) is 3.24 Å². The number of rotatable bonds is 8. The molecule has 102 valence electrons. The number of hydrogen-bond acceptors (Lipinski definition) is 1. The van der Waals surface area contributed by atoms with Crippen LogP contribution in [0.5, 0.6) is 0 Å². The van der Waals surface area contributed by atoms with E-state index >= 15 is 0 Å². The molecule has 1 aromatic carbocycles. The Balaban J connectivity index is 2.70. The van der Waals surface area contributed by atoms with E-state index in [-0.39, 0.29) is 7.92 Å². The minimum atomic E-state index is 0.0823. The Bertz CT molecular complexity index is 310. The second-order valence-corrected chi connectivity index (χ2v) is 7.60. The molecule has 1 nitrogen and oxygen atoms in total. The summed E-state index contributed by atoms with van der Waals surface area (Å²) >= 11 is 0. The van der Waals surface area contributed by atoms with E-state index < -0.39 is 0 Å². The summed E-state index contributed by atoms with van der Waals surface area (Å²) in [4.78, 5) is 2.17. The van der Waals surface area contributed by atoms with E-state index in [9.17, 15) is 0 Å². The quantitative estimate of drug-likeness (QED) is 0.627. The SMILES string of the molecule is CCCCP(CCCC)c1ccc(N(C)C)cc1. The van der Waals surface area contributed by atoms with Crippen molar-refractivity contribution in [3.63, 3.8) is 0 Å². The van der Waals surface area contributed by atoms with Crippen LogP contribution in [0.4, 0.5) is 5.69 Å². The summed E-state index contributed by atoms with van der Waals surface area (Å²) in [7, 11) is 4.29. The summed E-state index contributed by atoms with van der Waals surface area (Å²) in [6, 6.07) is 9.24. The fraction of sp³-hybridized carbons (Fsp3) is 0.625. The third kappa shape index (κ3) is 4.98. The Kier molecular flexibility index (Phi) is 7.35. The maximum atomic E-state index is 2.35. The van der Waals surface area contributed by atoms with Gasteiger partial charge in [0.1, 0.15) is 0 Å². The highest BCUT2D eigenvalue weighted by molar-refractivity contribution is 7.65. The number of nitrogens with zero attached hydrogens (tertiary/aromatic N) is 1. The van der Waals surface area contributed by atoms with Crippen LogP contribution in [0, 0.1) is 0 Å². The molecule has 0 fully saturated rings. The first-order chi connectivity index (χ1) is 8.69. The van der Waals surface area contributed by atoms with Gasteiger partial charge in [-0.15, -0.1) is 0 Å². The van der Waals surface area contributed by atoms with Gasteiger partial charge in [-0.05, 0) is 42.6 Å². The van der Waals surface area contributed by atoms with Gasteiger partial charge in [0.15, 0.2) is 0 Å². The summed E-state index contributed by atoms with van der Waals surface area (Å²) in [6.07, 6.45) is 8.22. The van der Waals surface area contributed by atoms with Crippen LogP contribution in [0.15, 0.2) is 24.3 Å². The summed E-state index contributed by atoms with van der Waals surface area (Å²) < 4.78 is 0. The van der Waals surface area contributed by atoms with Gasteiger partial charge in [-0.3, -0.25) is 0 Å². The van der Waals surface area contributed by atoms with E-state index in [1.54, 1.807) is 5.30 Å². The second-order valence-electron chi connectivity index (χ2n) is 5.10. The molecule has 2 heteroatoms. The Morgan fingerprint density at radius 1 is 0.889 bits per heavy atom. The molecule has 0 aliphatic rings. The number of benzene rings is 1. The zero-order chi connectivity index (χ0) is 13.4. The fourth-order valence-corrected chi connectivity index (χ4v) is 4.74. The summed E-state index contributed by atoms with van der Waals surface area (Å²) in [5.41, 5.74) is 1.31. The molecule has 0 amide bonds. The Labute approximate surface area is 114 Å². The molecule has 0 radical (unpaired) electrons. The fourth-order valence-electron chi connectivity index (χ4n) is 2.03. The first-order valence-corrected chi connectivity index (χ1v) is 8.92. The van der Waals surface area contributed by atoms with Crippen molar-refractivity contribution < 1.29 is 0 Å².